The van der Waals surface area contributed by atoms with E-state index in [2.05, 4.69) is 4.72 Å². The van der Waals surface area contributed by atoms with Crippen LogP contribution in [0, 0.1) is 5.92 Å². The summed E-state index contributed by atoms with van der Waals surface area (Å²) in [6.45, 7) is 1.47. The van der Waals surface area contributed by atoms with Crippen molar-refractivity contribution in [3.05, 3.63) is 0 Å². The van der Waals surface area contributed by atoms with Crippen LogP contribution in [-0.2, 0) is 14.9 Å². The molecule has 0 unspecified atom stereocenters. The van der Waals surface area contributed by atoms with Gasteiger partial charge in [-0.3, -0.25) is 0 Å². The Balaban J connectivity index is 1.85. The van der Waals surface area contributed by atoms with E-state index in [9.17, 15) is 8.42 Å². The zero-order valence-corrected chi connectivity index (χ0v) is 12.3. The van der Waals surface area contributed by atoms with E-state index in [1.807, 2.05) is 0 Å². The van der Waals surface area contributed by atoms with Gasteiger partial charge in [0.15, 0.2) is 0 Å². The largest absolute Gasteiger partial charge is 0.396 e. The molecular formula is C12H24N2O4S. The highest BCUT2D eigenvalue weighted by atomic mass is 32.2. The van der Waals surface area contributed by atoms with Crippen molar-refractivity contribution in [3.8, 4) is 0 Å². The zero-order valence-electron chi connectivity index (χ0n) is 11.5. The zero-order chi connectivity index (χ0) is 13.9. The molecule has 2 rings (SSSR count). The minimum atomic E-state index is -3.41. The van der Waals surface area contributed by atoms with Gasteiger partial charge < -0.3 is 9.84 Å². The third kappa shape index (κ3) is 3.46. The van der Waals surface area contributed by atoms with Crippen LogP contribution in [0.15, 0.2) is 0 Å². The van der Waals surface area contributed by atoms with E-state index in [-0.39, 0.29) is 18.1 Å². The average Bonchev–Trinajstić information content (AvgIpc) is 2.38. The van der Waals surface area contributed by atoms with Crippen LogP contribution in [0.4, 0.5) is 0 Å². The van der Waals surface area contributed by atoms with Crippen LogP contribution in [-0.4, -0.2) is 56.8 Å². The van der Waals surface area contributed by atoms with Crippen LogP contribution < -0.4 is 4.72 Å². The number of rotatable bonds is 6. The smallest absolute Gasteiger partial charge is 0.279 e. The van der Waals surface area contributed by atoms with Crippen molar-refractivity contribution < 1.29 is 18.3 Å². The van der Waals surface area contributed by atoms with Crippen LogP contribution in [0.1, 0.15) is 32.1 Å². The number of hydrogen-bond acceptors (Lipinski definition) is 4. The molecule has 19 heavy (non-hydrogen) atoms. The predicted molar refractivity (Wildman–Crippen MR) is 71.9 cm³/mol. The summed E-state index contributed by atoms with van der Waals surface area (Å²) >= 11 is 0. The molecule has 1 aliphatic heterocycles. The number of ether oxygens (including phenoxy) is 1. The number of nitrogens with zero attached hydrogens (tertiary/aromatic N) is 1. The van der Waals surface area contributed by atoms with Crippen molar-refractivity contribution in [2.45, 2.75) is 37.7 Å². The van der Waals surface area contributed by atoms with Gasteiger partial charge in [-0.2, -0.15) is 17.4 Å². The fourth-order valence-electron chi connectivity index (χ4n) is 2.67. The second-order valence-corrected chi connectivity index (χ2v) is 7.35. The van der Waals surface area contributed by atoms with E-state index < -0.39 is 10.2 Å². The number of piperidine rings is 1. The van der Waals surface area contributed by atoms with Crippen molar-refractivity contribution in [2.75, 3.05) is 33.4 Å². The molecule has 112 valence electrons. The fraction of sp³-hybridized carbons (Fsp3) is 1.00. The summed E-state index contributed by atoms with van der Waals surface area (Å²) in [6.07, 6.45) is 4.38. The van der Waals surface area contributed by atoms with E-state index in [0.29, 0.717) is 19.6 Å². The number of aliphatic hydroxyl groups is 1. The first-order chi connectivity index (χ1) is 9.01. The first kappa shape index (κ1) is 15.2. The fourth-order valence-corrected chi connectivity index (χ4v) is 3.99. The molecule has 0 bridgehead atoms. The van der Waals surface area contributed by atoms with E-state index in [1.54, 1.807) is 7.11 Å². The Morgan fingerprint density at radius 1 is 1.37 bits per heavy atom. The molecule has 2 N–H and O–H groups in total. The van der Waals surface area contributed by atoms with Crippen LogP contribution in [0.3, 0.4) is 0 Å². The van der Waals surface area contributed by atoms with Gasteiger partial charge in [-0.25, -0.2) is 0 Å². The molecule has 0 aromatic rings. The van der Waals surface area contributed by atoms with Gasteiger partial charge >= 0.3 is 0 Å². The molecule has 1 heterocycles. The molecule has 0 atom stereocenters. The molecule has 1 aliphatic carbocycles. The second kappa shape index (κ2) is 6.05. The molecule has 2 aliphatic rings. The van der Waals surface area contributed by atoms with Gasteiger partial charge in [0.1, 0.15) is 0 Å². The lowest BCUT2D eigenvalue weighted by atomic mass is 9.80. The van der Waals surface area contributed by atoms with Gasteiger partial charge in [-0.05, 0) is 38.0 Å². The summed E-state index contributed by atoms with van der Waals surface area (Å²) in [5.74, 6) is 0.239. The highest BCUT2D eigenvalue weighted by Gasteiger charge is 2.39. The summed E-state index contributed by atoms with van der Waals surface area (Å²) in [5, 5.41) is 9.06. The second-order valence-electron chi connectivity index (χ2n) is 5.59. The Labute approximate surface area is 115 Å². The predicted octanol–water partition coefficient (Wildman–Crippen LogP) is 0.0942. The summed E-state index contributed by atoms with van der Waals surface area (Å²) in [7, 11) is -1.77. The molecule has 0 amide bonds. The lowest BCUT2D eigenvalue weighted by Crippen LogP contribution is -2.53. The monoisotopic (exact) mass is 292 g/mol. The average molecular weight is 292 g/mol. The molecule has 2 fully saturated rings. The molecule has 7 heteroatoms. The minimum absolute atomic E-state index is 0.147. The van der Waals surface area contributed by atoms with Crippen molar-refractivity contribution in [3.63, 3.8) is 0 Å². The molecule has 0 aromatic heterocycles. The summed E-state index contributed by atoms with van der Waals surface area (Å²) in [6, 6.07) is 0. The lowest BCUT2D eigenvalue weighted by molar-refractivity contribution is -0.0661. The van der Waals surface area contributed by atoms with Gasteiger partial charge in [-0.1, -0.05) is 0 Å². The van der Waals surface area contributed by atoms with Crippen LogP contribution in [0.2, 0.25) is 0 Å². The topological polar surface area (TPSA) is 78.9 Å². The molecular weight excluding hydrogens is 268 g/mol. The molecule has 0 radical (unpaired) electrons. The summed E-state index contributed by atoms with van der Waals surface area (Å²) in [5.41, 5.74) is -0.295. The maximum atomic E-state index is 12.2. The van der Waals surface area contributed by atoms with Gasteiger partial charge in [0.05, 0.1) is 5.60 Å². The Kier molecular flexibility index (Phi) is 4.84. The molecule has 1 saturated carbocycles. The number of methoxy groups -OCH3 is 1. The number of hydrogen-bond donors (Lipinski definition) is 2. The van der Waals surface area contributed by atoms with Gasteiger partial charge in [0, 0.05) is 33.4 Å². The minimum Gasteiger partial charge on any atom is -0.396 e. The molecule has 6 nitrogen and oxygen atoms in total. The standard InChI is InChI=1S/C12H24N2O4S/c1-18-12(5-2-6-12)10-13-19(16,17)14-7-3-11(9-15)4-8-14/h11,13,15H,2-10H2,1H3. The lowest BCUT2D eigenvalue weighted by Gasteiger charge is -2.41. The van der Waals surface area contributed by atoms with Crippen LogP contribution in [0.25, 0.3) is 0 Å². The number of aliphatic hydroxyl groups excluding tert-OH is 1. The highest BCUT2D eigenvalue weighted by Crippen LogP contribution is 2.34. The highest BCUT2D eigenvalue weighted by molar-refractivity contribution is 7.87. The molecule has 0 spiro atoms. The third-order valence-electron chi connectivity index (χ3n) is 4.45. The van der Waals surface area contributed by atoms with Crippen LogP contribution >= 0.6 is 0 Å². The van der Waals surface area contributed by atoms with Crippen molar-refractivity contribution in [1.82, 2.24) is 9.03 Å². The Morgan fingerprint density at radius 2 is 2.00 bits per heavy atom. The van der Waals surface area contributed by atoms with Gasteiger partial charge in [0.25, 0.3) is 10.2 Å². The van der Waals surface area contributed by atoms with Gasteiger partial charge in [0.2, 0.25) is 0 Å². The van der Waals surface area contributed by atoms with E-state index in [0.717, 1.165) is 32.1 Å². The maximum Gasteiger partial charge on any atom is 0.279 e. The summed E-state index contributed by atoms with van der Waals surface area (Å²) in [4.78, 5) is 0. The Morgan fingerprint density at radius 3 is 2.42 bits per heavy atom. The van der Waals surface area contributed by atoms with E-state index in [1.165, 1.54) is 4.31 Å². The van der Waals surface area contributed by atoms with E-state index >= 15 is 0 Å². The SMILES string of the molecule is COC1(CNS(=O)(=O)N2CCC(CO)CC2)CCC1. The normalized spacial score (nSPS) is 25.2. The number of nitrogens with one attached hydrogen (secondary N) is 1. The maximum absolute atomic E-state index is 12.2. The van der Waals surface area contributed by atoms with Crippen LogP contribution in [0.5, 0.6) is 0 Å². The first-order valence-electron chi connectivity index (χ1n) is 6.92. The molecule has 0 aromatic carbocycles. The molecule has 1 saturated heterocycles. The first-order valence-corrected chi connectivity index (χ1v) is 8.36. The van der Waals surface area contributed by atoms with Crippen molar-refractivity contribution >= 4 is 10.2 Å². The Hall–Kier alpha value is -0.210. The third-order valence-corrected chi connectivity index (χ3v) is 6.00. The summed E-state index contributed by atoms with van der Waals surface area (Å²) < 4.78 is 33.9. The van der Waals surface area contributed by atoms with Gasteiger partial charge in [-0.15, -0.1) is 0 Å². The quantitative estimate of drug-likeness (QED) is 0.727. The Bertz CT molecular complexity index is 381. The van der Waals surface area contributed by atoms with E-state index in [4.69, 9.17) is 9.84 Å². The van der Waals surface area contributed by atoms with Crippen molar-refractivity contribution in [2.24, 2.45) is 5.92 Å². The van der Waals surface area contributed by atoms with Crippen molar-refractivity contribution in [1.29, 1.82) is 0 Å².